The number of carboxylic acid groups (broad SMARTS) is 4. The van der Waals surface area contributed by atoms with Gasteiger partial charge in [-0.2, -0.15) is 0 Å². The van der Waals surface area contributed by atoms with Crippen LogP contribution < -0.4 is 0 Å². The van der Waals surface area contributed by atoms with E-state index in [1.165, 1.54) is 0 Å². The third-order valence-corrected chi connectivity index (χ3v) is 0.737. The molecular weight excluding hydrogens is 263 g/mol. The summed E-state index contributed by atoms with van der Waals surface area (Å²) in [6.07, 6.45) is 2.23. The Morgan fingerprint density at radius 1 is 0.529 bits per heavy atom. The van der Waals surface area contributed by atoms with E-state index in [1.807, 2.05) is 0 Å². The maximum absolute atomic E-state index is 9.55. The van der Waals surface area contributed by atoms with E-state index in [0.717, 1.165) is 0 Å². The fourth-order valence-electron chi connectivity index (χ4n) is 0.285. The van der Waals surface area contributed by atoms with Crippen LogP contribution in [0.2, 0.25) is 0 Å². The molecule has 0 aliphatic rings. The van der Waals surface area contributed by atoms with Crippen LogP contribution in [-0.4, -0.2) is 95.7 Å². The fraction of sp³-hybridized carbons (Fsp3) is 0. The minimum absolute atomic E-state index is 0. The van der Waals surface area contributed by atoms with Crippen LogP contribution in [0.25, 0.3) is 0 Å². The second-order valence-electron chi connectivity index (χ2n) is 2.02. The molecule has 0 amide bonds. The molecule has 0 bridgehead atoms. The first kappa shape index (κ1) is 21.3. The summed E-state index contributed by atoms with van der Waals surface area (Å²) in [5.41, 5.74) is 0. The summed E-state index contributed by atoms with van der Waals surface area (Å²) in [6, 6.07) is 0. The molecule has 0 atom stereocenters. The van der Waals surface area contributed by atoms with E-state index in [1.54, 1.807) is 0 Å². The predicted molar refractivity (Wildman–Crippen MR) is 56.0 cm³/mol. The van der Waals surface area contributed by atoms with Gasteiger partial charge < -0.3 is 20.4 Å². The van der Waals surface area contributed by atoms with Gasteiger partial charge in [0.25, 0.3) is 0 Å². The Bertz CT molecular complexity index is 277. The number of hydrogen-bond donors (Lipinski definition) is 4. The monoisotopic (exact) mass is 272 g/mol. The van der Waals surface area contributed by atoms with Crippen LogP contribution >= 0.6 is 0 Å². The van der Waals surface area contributed by atoms with Gasteiger partial charge in [0.2, 0.25) is 0 Å². The van der Waals surface area contributed by atoms with Gasteiger partial charge in [-0.3, -0.25) is 0 Å². The van der Waals surface area contributed by atoms with Crippen molar-refractivity contribution < 1.29 is 39.6 Å². The van der Waals surface area contributed by atoms with Crippen molar-refractivity contribution in [3.8, 4) is 0 Å². The summed E-state index contributed by atoms with van der Waals surface area (Å²) in [4.78, 5) is 38.2. The zero-order valence-corrected chi connectivity index (χ0v) is 7.73. The molecule has 0 heterocycles. The predicted octanol–water partition coefficient (Wildman–Crippen LogP) is -1.22. The van der Waals surface area contributed by atoms with Gasteiger partial charge in [-0.25, -0.2) is 19.2 Å². The normalized spacial score (nSPS) is 8.94. The van der Waals surface area contributed by atoms with Gasteiger partial charge >= 0.3 is 75.3 Å². The molecule has 0 aromatic rings. The summed E-state index contributed by atoms with van der Waals surface area (Å²) in [5, 5.41) is 31.2. The molecule has 90 valence electrons. The molecule has 0 saturated carbocycles. The maximum atomic E-state index is 9.55. The average molecular weight is 272 g/mol. The summed E-state index contributed by atoms with van der Waals surface area (Å²) >= 11 is 0. The molecule has 4 N–H and O–H groups in total. The Morgan fingerprint density at radius 2 is 0.647 bits per heavy atom. The van der Waals surface area contributed by atoms with Crippen molar-refractivity contribution in [2.45, 2.75) is 0 Å². The molecule has 17 heavy (non-hydrogen) atoms. The van der Waals surface area contributed by atoms with Crippen molar-refractivity contribution in [3.05, 3.63) is 24.3 Å². The van der Waals surface area contributed by atoms with E-state index in [-0.39, 0.29) is 51.4 Å². The Balaban J connectivity index is -0.000000218. The second kappa shape index (κ2) is 13.1. The number of carbonyl (C=O) groups is 4. The zero-order chi connectivity index (χ0) is 13.1. The van der Waals surface area contributed by atoms with Crippen molar-refractivity contribution in [2.75, 3.05) is 0 Å². The molecule has 0 spiro atoms. The molecule has 0 saturated heterocycles. The van der Waals surface area contributed by atoms with Crippen molar-refractivity contribution in [3.63, 3.8) is 0 Å². The molecule has 0 aliphatic carbocycles. The minimum atomic E-state index is -1.26. The third kappa shape index (κ3) is 31.3. The van der Waals surface area contributed by atoms with Crippen molar-refractivity contribution in [1.82, 2.24) is 0 Å². The Labute approximate surface area is 138 Å². The number of rotatable bonds is 4. The van der Waals surface area contributed by atoms with Crippen LogP contribution in [-0.2, 0) is 19.2 Å². The number of hydrogen-bond acceptors (Lipinski definition) is 4. The zero-order valence-electron chi connectivity index (χ0n) is 7.73. The molecule has 0 fully saturated rings. The SMILES string of the molecule is O=C(O)C=CC(=O)O.O=C(O)C=CC(=O)O.[KH]. The summed E-state index contributed by atoms with van der Waals surface area (Å²) in [6.45, 7) is 0. The Morgan fingerprint density at radius 3 is 0.706 bits per heavy atom. The second-order valence-corrected chi connectivity index (χ2v) is 2.02. The van der Waals surface area contributed by atoms with Gasteiger partial charge in [0.1, 0.15) is 0 Å². The Kier molecular flexibility index (Phi) is 16.4. The topological polar surface area (TPSA) is 149 Å². The van der Waals surface area contributed by atoms with E-state index < -0.39 is 23.9 Å². The molecule has 9 heteroatoms. The van der Waals surface area contributed by atoms with Crippen LogP contribution in [0.3, 0.4) is 0 Å². The molecule has 0 rings (SSSR count). The first-order chi connectivity index (χ1) is 7.25. The van der Waals surface area contributed by atoms with Gasteiger partial charge in [0, 0.05) is 24.3 Å². The van der Waals surface area contributed by atoms with Gasteiger partial charge in [0.15, 0.2) is 0 Å². The molecule has 0 aromatic carbocycles. The van der Waals surface area contributed by atoms with Crippen molar-refractivity contribution >= 4 is 75.3 Å². The fourth-order valence-corrected chi connectivity index (χ4v) is 0.285. The van der Waals surface area contributed by atoms with E-state index in [4.69, 9.17) is 20.4 Å². The van der Waals surface area contributed by atoms with Crippen LogP contribution in [0.5, 0.6) is 0 Å². The quantitative estimate of drug-likeness (QED) is 0.367. The molecule has 0 radical (unpaired) electrons. The van der Waals surface area contributed by atoms with Crippen LogP contribution in [0.4, 0.5) is 0 Å². The molecule has 0 unspecified atom stereocenters. The summed E-state index contributed by atoms with van der Waals surface area (Å²) < 4.78 is 0. The average Bonchev–Trinajstić information content (AvgIpc) is 2.12. The van der Waals surface area contributed by atoms with Gasteiger partial charge in [0.05, 0.1) is 0 Å². The third-order valence-electron chi connectivity index (χ3n) is 0.737. The number of carboxylic acids is 4. The van der Waals surface area contributed by atoms with Crippen LogP contribution in [0, 0.1) is 0 Å². The molecule has 0 aromatic heterocycles. The van der Waals surface area contributed by atoms with Gasteiger partial charge in [-0.05, 0) is 0 Å². The van der Waals surface area contributed by atoms with Gasteiger partial charge in [-0.15, -0.1) is 0 Å². The van der Waals surface area contributed by atoms with Crippen LogP contribution in [0.15, 0.2) is 24.3 Å². The molecule has 0 aliphatic heterocycles. The first-order valence-electron chi connectivity index (χ1n) is 3.53. The van der Waals surface area contributed by atoms with Gasteiger partial charge in [-0.1, -0.05) is 0 Å². The number of aliphatic carboxylic acids is 4. The van der Waals surface area contributed by atoms with Crippen molar-refractivity contribution in [2.24, 2.45) is 0 Å². The summed E-state index contributed by atoms with van der Waals surface area (Å²) in [7, 11) is 0. The molecular formula is C8H9KO8. The van der Waals surface area contributed by atoms with E-state index >= 15 is 0 Å². The first-order valence-corrected chi connectivity index (χ1v) is 3.53. The van der Waals surface area contributed by atoms with E-state index in [9.17, 15) is 19.2 Å². The standard InChI is InChI=1S/2C4H4O4.K.H/c2*5-3(6)1-2-4(7)8;;/h2*1-2H,(H,5,6)(H,7,8);;. The Hall–Kier alpha value is -1.00. The summed E-state index contributed by atoms with van der Waals surface area (Å²) in [5.74, 6) is -5.03. The van der Waals surface area contributed by atoms with Crippen LogP contribution in [0.1, 0.15) is 0 Å². The van der Waals surface area contributed by atoms with E-state index in [2.05, 4.69) is 0 Å². The van der Waals surface area contributed by atoms with E-state index in [0.29, 0.717) is 24.3 Å². The van der Waals surface area contributed by atoms with Crippen molar-refractivity contribution in [1.29, 1.82) is 0 Å². The molecule has 8 nitrogen and oxygen atoms in total.